The van der Waals surface area contributed by atoms with Crippen LogP contribution in [0.4, 0.5) is 0 Å². The number of halogens is 1. The Morgan fingerprint density at radius 3 is 2.48 bits per heavy atom. The van der Waals surface area contributed by atoms with E-state index in [9.17, 15) is 0 Å². The summed E-state index contributed by atoms with van der Waals surface area (Å²) in [6.07, 6.45) is 3.86. The molecule has 27 heavy (non-hydrogen) atoms. The first kappa shape index (κ1) is 23.6. The molecular weight excluding hydrogens is 453 g/mol. The molecular formula is C19H34IN7. The average Bonchev–Trinajstić information content (AvgIpc) is 3.03. The second-order valence-corrected chi connectivity index (χ2v) is 7.00. The first-order valence-corrected chi connectivity index (χ1v) is 9.51. The first-order chi connectivity index (χ1) is 12.5. The molecule has 0 aromatic carbocycles. The molecule has 0 unspecified atom stereocenters. The number of aliphatic imine (C=N–C) groups is 1. The van der Waals surface area contributed by atoms with Crippen molar-refractivity contribution in [1.82, 2.24) is 30.1 Å². The van der Waals surface area contributed by atoms with Crippen molar-refractivity contribution in [2.24, 2.45) is 4.99 Å². The Hall–Kier alpha value is -1.42. The van der Waals surface area contributed by atoms with E-state index in [4.69, 9.17) is 0 Å². The summed E-state index contributed by atoms with van der Waals surface area (Å²) in [4.78, 5) is 6.77. The van der Waals surface area contributed by atoms with Crippen LogP contribution in [0.5, 0.6) is 0 Å². The summed E-state index contributed by atoms with van der Waals surface area (Å²) in [7, 11) is 1.81. The lowest BCUT2D eigenvalue weighted by atomic mass is 10.2. The van der Waals surface area contributed by atoms with E-state index in [0.29, 0.717) is 12.1 Å². The van der Waals surface area contributed by atoms with Crippen LogP contribution in [0.15, 0.2) is 29.4 Å². The van der Waals surface area contributed by atoms with Gasteiger partial charge in [0.15, 0.2) is 11.6 Å². The number of guanidine groups is 1. The molecule has 0 radical (unpaired) electrons. The van der Waals surface area contributed by atoms with Crippen LogP contribution in [0.1, 0.15) is 39.9 Å². The standard InChI is InChI=1S/C19H33N7.HI/c1-15(2)25(16(3)4)14-12-22-19(20-5)21-11-8-10-18-24-23-17-9-6-7-13-26(17)18;/h6-7,9,13,15-16H,8,10-12,14H2,1-5H3,(H2,20,21,22);1H. The van der Waals surface area contributed by atoms with Crippen molar-refractivity contribution in [3.05, 3.63) is 30.2 Å². The highest BCUT2D eigenvalue weighted by molar-refractivity contribution is 14.0. The van der Waals surface area contributed by atoms with Crippen molar-refractivity contribution < 1.29 is 0 Å². The Balaban J connectivity index is 0.00000364. The average molecular weight is 487 g/mol. The summed E-state index contributed by atoms with van der Waals surface area (Å²) in [6, 6.07) is 7.04. The van der Waals surface area contributed by atoms with Crippen LogP contribution in [0.2, 0.25) is 0 Å². The van der Waals surface area contributed by atoms with Crippen molar-refractivity contribution in [2.75, 3.05) is 26.7 Å². The summed E-state index contributed by atoms with van der Waals surface area (Å²) in [5.74, 6) is 1.85. The number of aryl methyl sites for hydroxylation is 1. The summed E-state index contributed by atoms with van der Waals surface area (Å²) >= 11 is 0. The zero-order valence-corrected chi connectivity index (χ0v) is 19.5. The fourth-order valence-corrected chi connectivity index (χ4v) is 3.15. The van der Waals surface area contributed by atoms with Crippen molar-refractivity contribution in [3.8, 4) is 0 Å². The van der Waals surface area contributed by atoms with Gasteiger partial charge in [-0.25, -0.2) is 0 Å². The van der Waals surface area contributed by atoms with Gasteiger partial charge in [-0.2, -0.15) is 0 Å². The summed E-state index contributed by atoms with van der Waals surface area (Å²) < 4.78 is 2.04. The first-order valence-electron chi connectivity index (χ1n) is 9.51. The molecule has 0 saturated heterocycles. The maximum Gasteiger partial charge on any atom is 0.191 e. The lowest BCUT2D eigenvalue weighted by Crippen LogP contribution is -2.45. The van der Waals surface area contributed by atoms with Gasteiger partial charge in [-0.1, -0.05) is 6.07 Å². The molecule has 0 amide bonds. The number of nitrogens with zero attached hydrogens (tertiary/aromatic N) is 5. The lowest BCUT2D eigenvalue weighted by Gasteiger charge is -2.30. The molecule has 7 nitrogen and oxygen atoms in total. The number of rotatable bonds is 9. The quantitative estimate of drug-likeness (QED) is 0.246. The monoisotopic (exact) mass is 487 g/mol. The Morgan fingerprint density at radius 1 is 1.11 bits per heavy atom. The molecule has 0 aliphatic carbocycles. The number of nitrogens with one attached hydrogen (secondary N) is 2. The van der Waals surface area contributed by atoms with Crippen molar-refractivity contribution in [3.63, 3.8) is 0 Å². The summed E-state index contributed by atoms with van der Waals surface area (Å²) in [5, 5.41) is 15.2. The Bertz CT molecular complexity index is 688. The van der Waals surface area contributed by atoms with Crippen LogP contribution in [0.25, 0.3) is 5.65 Å². The van der Waals surface area contributed by atoms with Crippen molar-refractivity contribution in [1.29, 1.82) is 0 Å². The van der Waals surface area contributed by atoms with Gasteiger partial charge < -0.3 is 10.6 Å². The van der Waals surface area contributed by atoms with E-state index in [1.165, 1.54) is 0 Å². The third-order valence-electron chi connectivity index (χ3n) is 4.47. The van der Waals surface area contributed by atoms with Crippen LogP contribution in [-0.2, 0) is 6.42 Å². The number of hydrogen-bond donors (Lipinski definition) is 2. The van der Waals surface area contributed by atoms with Gasteiger partial charge in [-0.05, 0) is 46.2 Å². The van der Waals surface area contributed by atoms with Crippen molar-refractivity contribution >= 4 is 35.6 Å². The van der Waals surface area contributed by atoms with Gasteiger partial charge >= 0.3 is 0 Å². The topological polar surface area (TPSA) is 69.8 Å². The van der Waals surface area contributed by atoms with Crippen molar-refractivity contribution in [2.45, 2.75) is 52.6 Å². The molecule has 2 aromatic heterocycles. The molecule has 0 fully saturated rings. The molecule has 152 valence electrons. The van der Waals surface area contributed by atoms with E-state index in [2.05, 4.69) is 58.4 Å². The molecule has 0 saturated carbocycles. The van der Waals surface area contributed by atoms with Crippen LogP contribution >= 0.6 is 24.0 Å². The second-order valence-electron chi connectivity index (χ2n) is 7.00. The number of pyridine rings is 1. The highest BCUT2D eigenvalue weighted by atomic mass is 127. The SMILES string of the molecule is CN=C(NCCCc1nnc2ccccn12)NCCN(C(C)C)C(C)C.I. The van der Waals surface area contributed by atoms with Gasteiger partial charge in [-0.15, -0.1) is 34.2 Å². The molecule has 2 aromatic rings. The molecule has 0 aliphatic rings. The second kappa shape index (κ2) is 12.1. The third kappa shape index (κ3) is 7.25. The largest absolute Gasteiger partial charge is 0.356 e. The third-order valence-corrected chi connectivity index (χ3v) is 4.47. The molecule has 0 spiro atoms. The van der Waals surface area contributed by atoms with Gasteiger partial charge in [0.25, 0.3) is 0 Å². The van der Waals surface area contributed by atoms with Gasteiger partial charge in [-0.3, -0.25) is 14.3 Å². The normalized spacial score (nSPS) is 12.1. The predicted molar refractivity (Wildman–Crippen MR) is 123 cm³/mol. The summed E-state index contributed by atoms with van der Waals surface area (Å²) in [6.45, 7) is 11.7. The number of aromatic nitrogens is 3. The van der Waals surface area contributed by atoms with Gasteiger partial charge in [0.1, 0.15) is 5.82 Å². The zero-order chi connectivity index (χ0) is 18.9. The van der Waals surface area contributed by atoms with E-state index in [1.54, 1.807) is 0 Å². The van der Waals surface area contributed by atoms with Crippen LogP contribution in [0, 0.1) is 0 Å². The highest BCUT2D eigenvalue weighted by Gasteiger charge is 2.12. The molecule has 2 rings (SSSR count). The minimum absolute atomic E-state index is 0. The Labute approximate surface area is 180 Å². The fourth-order valence-electron chi connectivity index (χ4n) is 3.15. The minimum atomic E-state index is 0. The van der Waals surface area contributed by atoms with Crippen LogP contribution in [0.3, 0.4) is 0 Å². The van der Waals surface area contributed by atoms with E-state index in [0.717, 1.165) is 49.9 Å². The molecule has 0 bridgehead atoms. The highest BCUT2D eigenvalue weighted by Crippen LogP contribution is 2.05. The Morgan fingerprint density at radius 2 is 1.81 bits per heavy atom. The number of fused-ring (bicyclic) bond motifs is 1. The molecule has 0 aliphatic heterocycles. The Kier molecular flexibility index (Phi) is 10.6. The van der Waals surface area contributed by atoms with Crippen LogP contribution < -0.4 is 10.6 Å². The molecule has 0 atom stereocenters. The zero-order valence-electron chi connectivity index (χ0n) is 17.1. The smallest absolute Gasteiger partial charge is 0.191 e. The van der Waals surface area contributed by atoms with E-state index in [1.807, 2.05) is 35.8 Å². The maximum absolute atomic E-state index is 4.30. The van der Waals surface area contributed by atoms with E-state index >= 15 is 0 Å². The summed E-state index contributed by atoms with van der Waals surface area (Å²) in [5.41, 5.74) is 0.896. The number of hydrogen-bond acceptors (Lipinski definition) is 4. The van der Waals surface area contributed by atoms with Crippen LogP contribution in [-0.4, -0.2) is 64.2 Å². The molecule has 2 heterocycles. The van der Waals surface area contributed by atoms with Gasteiger partial charge in [0, 0.05) is 51.4 Å². The fraction of sp³-hybridized carbons (Fsp3) is 0.632. The maximum atomic E-state index is 4.30. The molecule has 8 heteroatoms. The molecule has 2 N–H and O–H groups in total. The van der Waals surface area contributed by atoms with E-state index in [-0.39, 0.29) is 24.0 Å². The van der Waals surface area contributed by atoms with E-state index < -0.39 is 0 Å². The lowest BCUT2D eigenvalue weighted by molar-refractivity contribution is 0.178. The minimum Gasteiger partial charge on any atom is -0.356 e. The van der Waals surface area contributed by atoms with Gasteiger partial charge in [0.05, 0.1) is 0 Å². The predicted octanol–water partition coefficient (Wildman–Crippen LogP) is 2.56. The van der Waals surface area contributed by atoms with Gasteiger partial charge in [0.2, 0.25) is 0 Å².